The molecule has 21 heavy (non-hydrogen) atoms. The topological polar surface area (TPSA) is 70.0 Å². The molecule has 1 heterocycles. The van der Waals surface area contributed by atoms with Crippen LogP contribution in [-0.4, -0.2) is 46.5 Å². The molecule has 4 unspecified atom stereocenters. The summed E-state index contributed by atoms with van der Waals surface area (Å²) in [5.74, 6) is 0.542. The SMILES string of the molecule is O=C(OCc1ccccc1)N1CC2CC(O)C(O)CC2C1. The first-order valence-electron chi connectivity index (χ1n) is 7.45. The molecular formula is C16H21NO4. The van der Waals surface area contributed by atoms with E-state index in [4.69, 9.17) is 4.74 Å². The van der Waals surface area contributed by atoms with Crippen molar-refractivity contribution >= 4 is 6.09 Å². The molecule has 5 nitrogen and oxygen atoms in total. The van der Waals surface area contributed by atoms with Gasteiger partial charge in [0.15, 0.2) is 0 Å². The number of aliphatic hydroxyl groups is 2. The average molecular weight is 291 g/mol. The predicted molar refractivity (Wildman–Crippen MR) is 76.4 cm³/mol. The molecule has 0 spiro atoms. The Hall–Kier alpha value is -1.59. The first kappa shape index (κ1) is 14.4. The number of rotatable bonds is 2. The van der Waals surface area contributed by atoms with E-state index in [2.05, 4.69) is 0 Å². The van der Waals surface area contributed by atoms with Crippen LogP contribution in [-0.2, 0) is 11.3 Å². The van der Waals surface area contributed by atoms with E-state index in [1.165, 1.54) is 0 Å². The molecule has 1 amide bonds. The van der Waals surface area contributed by atoms with Gasteiger partial charge in [0.2, 0.25) is 0 Å². The molecule has 2 aliphatic rings. The minimum atomic E-state index is -0.661. The van der Waals surface area contributed by atoms with E-state index in [-0.39, 0.29) is 24.5 Å². The van der Waals surface area contributed by atoms with Gasteiger partial charge in [-0.25, -0.2) is 4.79 Å². The molecule has 1 saturated heterocycles. The predicted octanol–water partition coefficient (Wildman–Crippen LogP) is 1.39. The van der Waals surface area contributed by atoms with E-state index in [0.29, 0.717) is 25.9 Å². The van der Waals surface area contributed by atoms with Gasteiger partial charge in [-0.2, -0.15) is 0 Å². The van der Waals surface area contributed by atoms with Crippen molar-refractivity contribution in [1.29, 1.82) is 0 Å². The van der Waals surface area contributed by atoms with Crippen LogP contribution in [0.5, 0.6) is 0 Å². The molecular weight excluding hydrogens is 270 g/mol. The summed E-state index contributed by atoms with van der Waals surface area (Å²) in [5, 5.41) is 19.4. The van der Waals surface area contributed by atoms with Crippen molar-refractivity contribution in [2.24, 2.45) is 11.8 Å². The highest BCUT2D eigenvalue weighted by Gasteiger charge is 2.42. The summed E-state index contributed by atoms with van der Waals surface area (Å²) in [4.78, 5) is 13.8. The van der Waals surface area contributed by atoms with Crippen LogP contribution < -0.4 is 0 Å². The van der Waals surface area contributed by atoms with Gasteiger partial charge in [0.05, 0.1) is 12.2 Å². The number of hydrogen-bond donors (Lipinski definition) is 2. The third kappa shape index (κ3) is 3.19. The Balaban J connectivity index is 1.53. The van der Waals surface area contributed by atoms with Gasteiger partial charge in [-0.1, -0.05) is 30.3 Å². The fourth-order valence-corrected chi connectivity index (χ4v) is 3.37. The molecule has 5 heteroatoms. The Kier molecular flexibility index (Phi) is 4.12. The summed E-state index contributed by atoms with van der Waals surface area (Å²) in [6.07, 6.45) is -0.502. The highest BCUT2D eigenvalue weighted by atomic mass is 16.6. The van der Waals surface area contributed by atoms with Crippen LogP contribution in [0.15, 0.2) is 30.3 Å². The molecule has 1 aromatic rings. The maximum absolute atomic E-state index is 12.1. The van der Waals surface area contributed by atoms with Crippen molar-refractivity contribution in [3.05, 3.63) is 35.9 Å². The average Bonchev–Trinajstić information content (AvgIpc) is 2.89. The van der Waals surface area contributed by atoms with Crippen molar-refractivity contribution < 1.29 is 19.7 Å². The molecule has 3 rings (SSSR count). The van der Waals surface area contributed by atoms with E-state index >= 15 is 0 Å². The van der Waals surface area contributed by atoms with Crippen molar-refractivity contribution in [3.8, 4) is 0 Å². The van der Waals surface area contributed by atoms with Crippen LogP contribution in [0.2, 0.25) is 0 Å². The molecule has 114 valence electrons. The zero-order valence-electron chi connectivity index (χ0n) is 11.9. The van der Waals surface area contributed by atoms with Crippen LogP contribution in [0.25, 0.3) is 0 Å². The number of carbonyl (C=O) groups excluding carboxylic acids is 1. The third-order valence-corrected chi connectivity index (χ3v) is 4.57. The van der Waals surface area contributed by atoms with Crippen molar-refractivity contribution in [1.82, 2.24) is 4.90 Å². The van der Waals surface area contributed by atoms with Gasteiger partial charge < -0.3 is 19.8 Å². The second-order valence-corrected chi connectivity index (χ2v) is 6.07. The van der Waals surface area contributed by atoms with E-state index in [1.807, 2.05) is 30.3 Å². The maximum atomic E-state index is 12.1. The standard InChI is InChI=1S/C16H21NO4/c18-14-6-12-8-17(9-13(12)7-15(14)19)16(20)21-10-11-4-2-1-3-5-11/h1-5,12-15,18-19H,6-10H2. The molecule has 4 atom stereocenters. The Labute approximate surface area is 124 Å². The van der Waals surface area contributed by atoms with Crippen LogP contribution >= 0.6 is 0 Å². The number of aliphatic hydroxyl groups excluding tert-OH is 2. The normalized spacial score (nSPS) is 31.8. The van der Waals surface area contributed by atoms with Gasteiger partial charge in [-0.15, -0.1) is 0 Å². The van der Waals surface area contributed by atoms with E-state index < -0.39 is 12.2 Å². The Morgan fingerprint density at radius 3 is 2.24 bits per heavy atom. The third-order valence-electron chi connectivity index (χ3n) is 4.57. The minimum Gasteiger partial charge on any atom is -0.445 e. The van der Waals surface area contributed by atoms with Gasteiger partial charge in [0, 0.05) is 13.1 Å². The zero-order valence-corrected chi connectivity index (χ0v) is 11.9. The highest BCUT2D eigenvalue weighted by molar-refractivity contribution is 5.68. The fourth-order valence-electron chi connectivity index (χ4n) is 3.37. The number of likely N-dealkylation sites (tertiary alicyclic amines) is 1. The molecule has 0 aromatic heterocycles. The minimum absolute atomic E-state index is 0.271. The second kappa shape index (κ2) is 6.03. The van der Waals surface area contributed by atoms with Gasteiger partial charge >= 0.3 is 6.09 Å². The number of carbonyl (C=O) groups is 1. The van der Waals surface area contributed by atoms with Crippen molar-refractivity contribution in [2.45, 2.75) is 31.7 Å². The molecule has 2 fully saturated rings. The smallest absolute Gasteiger partial charge is 0.410 e. The Morgan fingerprint density at radius 1 is 1.10 bits per heavy atom. The molecule has 1 aliphatic carbocycles. The fraction of sp³-hybridized carbons (Fsp3) is 0.562. The first-order valence-corrected chi connectivity index (χ1v) is 7.45. The Morgan fingerprint density at radius 2 is 1.67 bits per heavy atom. The summed E-state index contributed by atoms with van der Waals surface area (Å²) in [5.41, 5.74) is 0.966. The maximum Gasteiger partial charge on any atom is 0.410 e. The number of fused-ring (bicyclic) bond motifs is 1. The molecule has 1 saturated carbocycles. The van der Waals surface area contributed by atoms with E-state index in [1.54, 1.807) is 4.90 Å². The van der Waals surface area contributed by atoms with Gasteiger partial charge in [0.1, 0.15) is 6.61 Å². The summed E-state index contributed by atoms with van der Waals surface area (Å²) in [7, 11) is 0. The van der Waals surface area contributed by atoms with Crippen molar-refractivity contribution in [2.75, 3.05) is 13.1 Å². The lowest BCUT2D eigenvalue weighted by Gasteiger charge is -2.31. The van der Waals surface area contributed by atoms with E-state index in [0.717, 1.165) is 5.56 Å². The van der Waals surface area contributed by atoms with Gasteiger partial charge in [-0.3, -0.25) is 0 Å². The van der Waals surface area contributed by atoms with Crippen LogP contribution in [0.4, 0.5) is 4.79 Å². The summed E-state index contributed by atoms with van der Waals surface area (Å²) >= 11 is 0. The number of ether oxygens (including phenoxy) is 1. The van der Waals surface area contributed by atoms with E-state index in [9.17, 15) is 15.0 Å². The highest BCUT2D eigenvalue weighted by Crippen LogP contribution is 2.36. The number of amides is 1. The monoisotopic (exact) mass is 291 g/mol. The molecule has 0 radical (unpaired) electrons. The summed E-state index contributed by atoms with van der Waals surface area (Å²) in [6.45, 7) is 1.50. The summed E-state index contributed by atoms with van der Waals surface area (Å²) in [6, 6.07) is 9.59. The Bertz CT molecular complexity index is 474. The number of hydrogen-bond acceptors (Lipinski definition) is 4. The van der Waals surface area contributed by atoms with Gasteiger partial charge in [-0.05, 0) is 30.2 Å². The zero-order chi connectivity index (χ0) is 14.8. The van der Waals surface area contributed by atoms with Crippen molar-refractivity contribution in [3.63, 3.8) is 0 Å². The lowest BCUT2D eigenvalue weighted by atomic mass is 9.79. The molecule has 2 N–H and O–H groups in total. The lowest BCUT2D eigenvalue weighted by Crippen LogP contribution is -2.38. The quantitative estimate of drug-likeness (QED) is 0.864. The van der Waals surface area contributed by atoms with Crippen LogP contribution in [0.3, 0.4) is 0 Å². The molecule has 0 bridgehead atoms. The molecule has 1 aliphatic heterocycles. The first-order chi connectivity index (χ1) is 10.1. The molecule has 1 aromatic carbocycles. The van der Waals surface area contributed by atoms with Gasteiger partial charge in [0.25, 0.3) is 0 Å². The largest absolute Gasteiger partial charge is 0.445 e. The number of nitrogens with zero attached hydrogens (tertiary/aromatic N) is 1. The number of benzene rings is 1. The lowest BCUT2D eigenvalue weighted by molar-refractivity contribution is -0.0372. The summed E-state index contributed by atoms with van der Waals surface area (Å²) < 4.78 is 5.33. The van der Waals surface area contributed by atoms with Crippen LogP contribution in [0, 0.1) is 11.8 Å². The van der Waals surface area contributed by atoms with Crippen LogP contribution in [0.1, 0.15) is 18.4 Å². The second-order valence-electron chi connectivity index (χ2n) is 6.07.